The number of anilines is 1. The fraction of sp³-hybridized carbons (Fsp3) is 0.455. The zero-order valence-electron chi connectivity index (χ0n) is 9.06. The summed E-state index contributed by atoms with van der Waals surface area (Å²) in [6.07, 6.45) is -1.53. The van der Waals surface area contributed by atoms with E-state index in [2.05, 4.69) is 0 Å². The normalized spacial score (nSPS) is 14.5. The number of nitrogens with two attached hydrogens (primary N) is 1. The van der Waals surface area contributed by atoms with Crippen LogP contribution < -0.4 is 10.5 Å². The number of hydrogen-bond acceptors (Lipinski definition) is 4. The highest BCUT2D eigenvalue weighted by Crippen LogP contribution is 2.27. The molecule has 0 radical (unpaired) electrons. The molecule has 2 unspecified atom stereocenters. The van der Waals surface area contributed by atoms with Crippen molar-refractivity contribution in [2.75, 3.05) is 18.7 Å². The van der Waals surface area contributed by atoms with Crippen molar-refractivity contribution in [3.8, 4) is 5.75 Å². The van der Waals surface area contributed by atoms with Gasteiger partial charge in [0.1, 0.15) is 11.9 Å². The molecule has 0 fully saturated rings. The molecule has 4 nitrogen and oxygen atoms in total. The van der Waals surface area contributed by atoms with E-state index >= 15 is 0 Å². The van der Waals surface area contributed by atoms with Crippen molar-refractivity contribution in [2.24, 2.45) is 0 Å². The number of aliphatic hydroxyl groups excluding tert-OH is 2. The average molecular weight is 246 g/mol. The molecule has 0 amide bonds. The van der Waals surface area contributed by atoms with Crippen LogP contribution in [0.25, 0.3) is 0 Å². The maximum Gasteiger partial charge on any atom is 0.142 e. The average Bonchev–Trinajstić information content (AvgIpc) is 2.29. The number of methoxy groups -OCH3 is 1. The van der Waals surface area contributed by atoms with Crippen LogP contribution in [0.4, 0.5) is 5.69 Å². The molecule has 0 aliphatic rings. The SMILES string of the molecule is COc1cc(C(O)C(O)CCCl)ccc1N. The van der Waals surface area contributed by atoms with Gasteiger partial charge in [0.15, 0.2) is 0 Å². The van der Waals surface area contributed by atoms with E-state index in [1.807, 2.05) is 0 Å². The Labute approximate surface area is 99.6 Å². The maximum atomic E-state index is 9.83. The molecule has 4 N–H and O–H groups in total. The molecule has 5 heteroatoms. The molecule has 0 saturated heterocycles. The molecule has 0 aliphatic heterocycles. The summed E-state index contributed by atoms with van der Waals surface area (Å²) in [7, 11) is 1.50. The van der Waals surface area contributed by atoms with Gasteiger partial charge in [0.2, 0.25) is 0 Å². The number of aliphatic hydroxyl groups is 2. The Hall–Kier alpha value is -0.970. The van der Waals surface area contributed by atoms with E-state index in [0.29, 0.717) is 29.3 Å². The number of benzene rings is 1. The van der Waals surface area contributed by atoms with Crippen LogP contribution in [0.3, 0.4) is 0 Å². The second kappa shape index (κ2) is 5.94. The molecule has 0 saturated carbocycles. The maximum absolute atomic E-state index is 9.83. The summed E-state index contributed by atoms with van der Waals surface area (Å²) < 4.78 is 5.03. The van der Waals surface area contributed by atoms with Crippen LogP contribution in [0.2, 0.25) is 0 Å². The quantitative estimate of drug-likeness (QED) is 0.540. The second-order valence-electron chi connectivity index (χ2n) is 3.49. The summed E-state index contributed by atoms with van der Waals surface area (Å²) in [5.74, 6) is 0.777. The molecule has 90 valence electrons. The van der Waals surface area contributed by atoms with Crippen molar-refractivity contribution in [1.82, 2.24) is 0 Å². The van der Waals surface area contributed by atoms with E-state index in [4.69, 9.17) is 22.1 Å². The molecule has 1 aromatic carbocycles. The number of hydrogen-bond donors (Lipinski definition) is 3. The van der Waals surface area contributed by atoms with Gasteiger partial charge in [-0.2, -0.15) is 0 Å². The smallest absolute Gasteiger partial charge is 0.142 e. The van der Waals surface area contributed by atoms with Gasteiger partial charge in [-0.05, 0) is 24.1 Å². The Morgan fingerprint density at radius 2 is 2.12 bits per heavy atom. The Bertz CT molecular complexity index is 346. The highest BCUT2D eigenvalue weighted by Gasteiger charge is 2.18. The van der Waals surface area contributed by atoms with E-state index in [1.54, 1.807) is 18.2 Å². The highest BCUT2D eigenvalue weighted by atomic mass is 35.5. The van der Waals surface area contributed by atoms with Crippen LogP contribution in [0.15, 0.2) is 18.2 Å². The van der Waals surface area contributed by atoms with E-state index in [0.717, 1.165) is 0 Å². The van der Waals surface area contributed by atoms with Crippen molar-refractivity contribution in [1.29, 1.82) is 0 Å². The Balaban J connectivity index is 2.87. The fourth-order valence-corrected chi connectivity index (χ4v) is 1.63. The molecule has 0 aliphatic carbocycles. The van der Waals surface area contributed by atoms with Crippen LogP contribution in [0, 0.1) is 0 Å². The van der Waals surface area contributed by atoms with Crippen LogP contribution in [0.1, 0.15) is 18.1 Å². The first-order valence-corrected chi connectivity index (χ1v) is 5.49. The van der Waals surface area contributed by atoms with E-state index in [-0.39, 0.29) is 0 Å². The summed E-state index contributed by atoms with van der Waals surface area (Å²) in [4.78, 5) is 0. The lowest BCUT2D eigenvalue weighted by Gasteiger charge is -2.18. The third kappa shape index (κ3) is 3.01. The van der Waals surface area contributed by atoms with Crippen molar-refractivity contribution >= 4 is 17.3 Å². The van der Waals surface area contributed by atoms with Crippen LogP contribution in [-0.4, -0.2) is 29.3 Å². The number of alkyl halides is 1. The summed E-state index contributed by atoms with van der Waals surface area (Å²) in [5, 5.41) is 19.4. The molecule has 16 heavy (non-hydrogen) atoms. The third-order valence-corrected chi connectivity index (χ3v) is 2.59. The number of halogens is 1. The molecular formula is C11H16ClNO3. The molecule has 0 heterocycles. The molecular weight excluding hydrogens is 230 g/mol. The third-order valence-electron chi connectivity index (χ3n) is 2.37. The van der Waals surface area contributed by atoms with Gasteiger partial charge >= 0.3 is 0 Å². The van der Waals surface area contributed by atoms with Crippen molar-refractivity contribution < 1.29 is 14.9 Å². The van der Waals surface area contributed by atoms with Crippen molar-refractivity contribution in [3.05, 3.63) is 23.8 Å². The Morgan fingerprint density at radius 3 is 2.69 bits per heavy atom. The highest BCUT2D eigenvalue weighted by molar-refractivity contribution is 6.17. The monoisotopic (exact) mass is 245 g/mol. The molecule has 1 rings (SSSR count). The molecule has 2 atom stereocenters. The van der Waals surface area contributed by atoms with Crippen molar-refractivity contribution in [3.63, 3.8) is 0 Å². The summed E-state index contributed by atoms with van der Waals surface area (Å²) in [6, 6.07) is 4.89. The van der Waals surface area contributed by atoms with Gasteiger partial charge in [0.25, 0.3) is 0 Å². The lowest BCUT2D eigenvalue weighted by atomic mass is 10.0. The zero-order valence-corrected chi connectivity index (χ0v) is 9.81. The van der Waals surface area contributed by atoms with Gasteiger partial charge in [0.05, 0.1) is 18.9 Å². The van der Waals surface area contributed by atoms with Gasteiger partial charge in [-0.1, -0.05) is 6.07 Å². The number of ether oxygens (including phenoxy) is 1. The standard InChI is InChI=1S/C11H16ClNO3/c1-16-10-6-7(2-3-8(10)13)11(15)9(14)4-5-12/h2-3,6,9,11,14-15H,4-5,13H2,1H3. The van der Waals surface area contributed by atoms with E-state index in [9.17, 15) is 10.2 Å². The topological polar surface area (TPSA) is 75.7 Å². The van der Waals surface area contributed by atoms with E-state index in [1.165, 1.54) is 7.11 Å². The van der Waals surface area contributed by atoms with Crippen LogP contribution in [0.5, 0.6) is 5.75 Å². The van der Waals surface area contributed by atoms with Gasteiger partial charge in [-0.25, -0.2) is 0 Å². The first kappa shape index (κ1) is 13.1. The minimum Gasteiger partial charge on any atom is -0.495 e. The molecule has 0 aromatic heterocycles. The number of rotatable bonds is 5. The van der Waals surface area contributed by atoms with Crippen LogP contribution in [-0.2, 0) is 0 Å². The predicted molar refractivity (Wildman–Crippen MR) is 63.7 cm³/mol. The van der Waals surface area contributed by atoms with Gasteiger partial charge in [0, 0.05) is 5.88 Å². The number of nitrogen functional groups attached to an aromatic ring is 1. The first-order valence-electron chi connectivity index (χ1n) is 4.95. The lowest BCUT2D eigenvalue weighted by Crippen LogP contribution is -2.18. The minimum absolute atomic E-state index is 0.296. The summed E-state index contributed by atoms with van der Waals surface area (Å²) >= 11 is 5.50. The van der Waals surface area contributed by atoms with Crippen LogP contribution >= 0.6 is 11.6 Å². The molecule has 0 spiro atoms. The first-order chi connectivity index (χ1) is 7.60. The fourth-order valence-electron chi connectivity index (χ4n) is 1.40. The lowest BCUT2D eigenvalue weighted by molar-refractivity contribution is 0.0169. The Morgan fingerprint density at radius 1 is 1.44 bits per heavy atom. The Kier molecular flexibility index (Phi) is 4.86. The predicted octanol–water partition coefficient (Wildman–Crippen LogP) is 1.30. The van der Waals surface area contributed by atoms with Gasteiger partial charge < -0.3 is 20.7 Å². The molecule has 0 bridgehead atoms. The summed E-state index contributed by atoms with van der Waals surface area (Å²) in [5.41, 5.74) is 6.69. The van der Waals surface area contributed by atoms with Crippen molar-refractivity contribution in [2.45, 2.75) is 18.6 Å². The van der Waals surface area contributed by atoms with Gasteiger partial charge in [-0.3, -0.25) is 0 Å². The van der Waals surface area contributed by atoms with E-state index < -0.39 is 12.2 Å². The van der Waals surface area contributed by atoms with Gasteiger partial charge in [-0.15, -0.1) is 11.6 Å². The second-order valence-corrected chi connectivity index (χ2v) is 3.87. The minimum atomic E-state index is -0.978. The summed E-state index contributed by atoms with van der Waals surface area (Å²) in [6.45, 7) is 0. The molecule has 1 aromatic rings. The largest absolute Gasteiger partial charge is 0.495 e. The zero-order chi connectivity index (χ0) is 12.1.